The maximum Gasteiger partial charge on any atom is 0.174 e. The highest BCUT2D eigenvalue weighted by Crippen LogP contribution is 2.42. The summed E-state index contributed by atoms with van der Waals surface area (Å²) in [5.74, 6) is 0.976. The largest absolute Gasteiger partial charge is 0.496 e. The lowest BCUT2D eigenvalue weighted by molar-refractivity contribution is -0.116. The van der Waals surface area contributed by atoms with Gasteiger partial charge in [0.15, 0.2) is 11.6 Å². The molecule has 0 saturated carbocycles. The Hall–Kier alpha value is -2.24. The number of thioether (sulfide) groups is 1. The lowest BCUT2D eigenvalue weighted by Crippen LogP contribution is -2.29. The van der Waals surface area contributed by atoms with Crippen molar-refractivity contribution in [3.63, 3.8) is 0 Å². The van der Waals surface area contributed by atoms with Crippen molar-refractivity contribution >= 4 is 34.9 Å². The molecule has 0 amide bonds. The Morgan fingerprint density at radius 2 is 1.83 bits per heavy atom. The Kier molecular flexibility index (Phi) is 7.04. The predicted molar refractivity (Wildman–Crippen MR) is 117 cm³/mol. The second-order valence-corrected chi connectivity index (χ2v) is 8.45. The number of halogens is 1. The molecule has 2 aromatic carbocycles. The van der Waals surface area contributed by atoms with Gasteiger partial charge in [0.2, 0.25) is 0 Å². The molecule has 0 N–H and O–H groups in total. The van der Waals surface area contributed by atoms with Gasteiger partial charge in [-0.05, 0) is 28.5 Å². The number of allylic oxidation sites excluding steroid dienone is 2. The van der Waals surface area contributed by atoms with Crippen LogP contribution in [0.5, 0.6) is 11.5 Å². The third kappa shape index (κ3) is 4.85. The van der Waals surface area contributed by atoms with Crippen LogP contribution < -0.4 is 9.47 Å². The molecule has 152 valence electrons. The fourth-order valence-electron chi connectivity index (χ4n) is 3.50. The number of rotatable bonds is 7. The summed E-state index contributed by atoms with van der Waals surface area (Å²) < 4.78 is 10.7. The number of benzene rings is 2. The van der Waals surface area contributed by atoms with Crippen LogP contribution >= 0.6 is 23.4 Å². The summed E-state index contributed by atoms with van der Waals surface area (Å²) >= 11 is 7.81. The first-order chi connectivity index (χ1) is 13.9. The zero-order valence-corrected chi connectivity index (χ0v) is 18.2. The van der Waals surface area contributed by atoms with Gasteiger partial charge in [0.05, 0.1) is 30.7 Å². The van der Waals surface area contributed by atoms with Crippen molar-refractivity contribution in [1.82, 2.24) is 0 Å². The van der Waals surface area contributed by atoms with Gasteiger partial charge in [-0.2, -0.15) is 0 Å². The van der Waals surface area contributed by atoms with E-state index in [9.17, 15) is 9.59 Å². The minimum atomic E-state index is -0.417. The molecule has 0 heterocycles. The van der Waals surface area contributed by atoms with Crippen LogP contribution in [0.3, 0.4) is 0 Å². The fourth-order valence-corrected chi connectivity index (χ4v) is 5.00. The topological polar surface area (TPSA) is 52.6 Å². The number of ether oxygens (including phenoxy) is 2. The zero-order valence-electron chi connectivity index (χ0n) is 16.6. The first-order valence-corrected chi connectivity index (χ1v) is 10.7. The molecule has 2 aromatic rings. The molecular formula is C23H23ClO4S. The van der Waals surface area contributed by atoms with Crippen molar-refractivity contribution < 1.29 is 19.1 Å². The smallest absolute Gasteiger partial charge is 0.174 e. The standard InChI is InChI=1S/C23H23ClO4S/c1-14-9-16(25)10-21(29-13-15-7-5-4-6-8-15)22(14)23(26)17-11-18(24)20(28-3)12-19(17)27-2/h4-8,10-12,14,22H,9,13H2,1-3H3. The molecule has 6 heteroatoms. The van der Waals surface area contributed by atoms with Crippen molar-refractivity contribution in [2.75, 3.05) is 14.2 Å². The van der Waals surface area contributed by atoms with Gasteiger partial charge in [0, 0.05) is 18.2 Å². The van der Waals surface area contributed by atoms with Crippen LogP contribution in [0.4, 0.5) is 0 Å². The number of hydrogen-bond donors (Lipinski definition) is 0. The monoisotopic (exact) mass is 430 g/mol. The maximum atomic E-state index is 13.5. The van der Waals surface area contributed by atoms with Gasteiger partial charge in [-0.25, -0.2) is 0 Å². The van der Waals surface area contributed by atoms with E-state index in [1.807, 2.05) is 37.3 Å². The van der Waals surface area contributed by atoms with E-state index in [1.54, 1.807) is 18.2 Å². The van der Waals surface area contributed by atoms with Crippen LogP contribution in [0.25, 0.3) is 0 Å². The highest BCUT2D eigenvalue weighted by Gasteiger charge is 2.36. The van der Waals surface area contributed by atoms with Gasteiger partial charge in [-0.1, -0.05) is 48.9 Å². The Bertz CT molecular complexity index is 939. The van der Waals surface area contributed by atoms with Crippen molar-refractivity contribution in [3.05, 3.63) is 69.6 Å². The minimum Gasteiger partial charge on any atom is -0.496 e. The number of Topliss-reactive ketones (excluding diaryl/α,β-unsaturated/α-hetero) is 1. The Labute approximate surface area is 180 Å². The van der Waals surface area contributed by atoms with E-state index in [0.29, 0.717) is 34.3 Å². The number of ketones is 2. The SMILES string of the molecule is COc1cc(OC)c(C(=O)C2C(SCc3ccccc3)=CC(=O)CC2C)cc1Cl. The van der Waals surface area contributed by atoms with Gasteiger partial charge in [-0.3, -0.25) is 9.59 Å². The lowest BCUT2D eigenvalue weighted by Gasteiger charge is -2.29. The van der Waals surface area contributed by atoms with Crippen molar-refractivity contribution in [2.24, 2.45) is 11.8 Å². The van der Waals surface area contributed by atoms with Crippen molar-refractivity contribution in [1.29, 1.82) is 0 Å². The molecule has 2 unspecified atom stereocenters. The second-order valence-electron chi connectivity index (χ2n) is 7.00. The second kappa shape index (κ2) is 9.51. The molecule has 4 nitrogen and oxygen atoms in total. The molecule has 0 aliphatic heterocycles. The first-order valence-electron chi connectivity index (χ1n) is 9.31. The summed E-state index contributed by atoms with van der Waals surface area (Å²) in [5.41, 5.74) is 1.54. The van der Waals surface area contributed by atoms with E-state index in [-0.39, 0.29) is 17.5 Å². The molecule has 0 aromatic heterocycles. The Morgan fingerprint density at radius 1 is 1.14 bits per heavy atom. The van der Waals surface area contributed by atoms with Gasteiger partial charge < -0.3 is 9.47 Å². The minimum absolute atomic E-state index is 0.0526. The van der Waals surface area contributed by atoms with Crippen LogP contribution in [0.1, 0.15) is 29.3 Å². The van der Waals surface area contributed by atoms with Crippen LogP contribution in [-0.2, 0) is 10.5 Å². The van der Waals surface area contributed by atoms with Gasteiger partial charge in [0.1, 0.15) is 11.5 Å². The van der Waals surface area contributed by atoms with E-state index in [2.05, 4.69) is 0 Å². The summed E-state index contributed by atoms with van der Waals surface area (Å²) in [6.45, 7) is 1.94. The predicted octanol–water partition coefficient (Wildman–Crippen LogP) is 5.58. The van der Waals surface area contributed by atoms with Crippen LogP contribution in [0.2, 0.25) is 5.02 Å². The average molecular weight is 431 g/mol. The fraction of sp³-hybridized carbons (Fsp3) is 0.304. The molecule has 0 bridgehead atoms. The lowest BCUT2D eigenvalue weighted by atomic mass is 9.79. The summed E-state index contributed by atoms with van der Waals surface area (Å²) in [4.78, 5) is 26.5. The van der Waals surface area contributed by atoms with E-state index in [0.717, 1.165) is 10.5 Å². The number of methoxy groups -OCH3 is 2. The van der Waals surface area contributed by atoms with Crippen LogP contribution in [-0.4, -0.2) is 25.8 Å². The molecule has 3 rings (SSSR count). The number of carbonyl (C=O) groups is 2. The molecular weight excluding hydrogens is 408 g/mol. The van der Waals surface area contributed by atoms with E-state index >= 15 is 0 Å². The molecule has 0 radical (unpaired) electrons. The highest BCUT2D eigenvalue weighted by molar-refractivity contribution is 8.02. The van der Waals surface area contributed by atoms with E-state index in [1.165, 1.54) is 26.0 Å². The summed E-state index contributed by atoms with van der Waals surface area (Å²) in [6.07, 6.45) is 1.96. The Balaban J connectivity index is 1.93. The third-order valence-corrected chi connectivity index (χ3v) is 6.45. The molecule has 0 saturated heterocycles. The van der Waals surface area contributed by atoms with Crippen LogP contribution in [0.15, 0.2) is 53.4 Å². The number of hydrogen-bond acceptors (Lipinski definition) is 5. The maximum absolute atomic E-state index is 13.5. The highest BCUT2D eigenvalue weighted by atomic mass is 35.5. The zero-order chi connectivity index (χ0) is 21.0. The average Bonchev–Trinajstić information content (AvgIpc) is 2.72. The Morgan fingerprint density at radius 3 is 2.48 bits per heavy atom. The van der Waals surface area contributed by atoms with Crippen molar-refractivity contribution in [2.45, 2.75) is 19.1 Å². The molecule has 1 aliphatic carbocycles. The van der Waals surface area contributed by atoms with E-state index in [4.69, 9.17) is 21.1 Å². The molecule has 2 atom stereocenters. The number of carbonyl (C=O) groups excluding carboxylic acids is 2. The molecule has 0 spiro atoms. The van der Waals surface area contributed by atoms with Crippen molar-refractivity contribution in [3.8, 4) is 11.5 Å². The van der Waals surface area contributed by atoms with E-state index < -0.39 is 5.92 Å². The summed E-state index contributed by atoms with van der Waals surface area (Å²) in [7, 11) is 3.02. The van der Waals surface area contributed by atoms with Crippen LogP contribution in [0, 0.1) is 11.8 Å². The molecule has 1 aliphatic rings. The van der Waals surface area contributed by atoms with Gasteiger partial charge in [-0.15, -0.1) is 11.8 Å². The normalized spacial score (nSPS) is 18.9. The summed E-state index contributed by atoms with van der Waals surface area (Å²) in [6, 6.07) is 13.2. The third-order valence-electron chi connectivity index (χ3n) is 4.97. The quantitative estimate of drug-likeness (QED) is 0.536. The van der Waals surface area contributed by atoms with Gasteiger partial charge >= 0.3 is 0 Å². The summed E-state index contributed by atoms with van der Waals surface area (Å²) in [5, 5.41) is 0.346. The molecule has 29 heavy (non-hydrogen) atoms. The molecule has 0 fully saturated rings. The first kappa shape index (κ1) is 21.5. The van der Waals surface area contributed by atoms with Gasteiger partial charge in [0.25, 0.3) is 0 Å².